The van der Waals surface area contributed by atoms with Gasteiger partial charge in [-0.15, -0.1) is 6.58 Å². The van der Waals surface area contributed by atoms with E-state index >= 15 is 0 Å². The first-order valence-corrected chi connectivity index (χ1v) is 6.95. The van der Waals surface area contributed by atoms with Crippen LogP contribution in [0.15, 0.2) is 61.2 Å². The lowest BCUT2D eigenvalue weighted by atomic mass is 9.92. The molecule has 0 bridgehead atoms. The van der Waals surface area contributed by atoms with E-state index in [2.05, 4.69) is 80.8 Å². The Balaban J connectivity index is 2.29. The zero-order valence-corrected chi connectivity index (χ0v) is 12.2. The van der Waals surface area contributed by atoms with Crippen LogP contribution in [-0.2, 0) is 0 Å². The molecule has 0 nitrogen and oxygen atoms in total. The van der Waals surface area contributed by atoms with E-state index in [4.69, 9.17) is 0 Å². The van der Waals surface area contributed by atoms with Gasteiger partial charge in [-0.05, 0) is 43.5 Å². The molecular formula is C20H20. The van der Waals surface area contributed by atoms with Crippen molar-refractivity contribution in [3.8, 4) is 11.8 Å². The van der Waals surface area contributed by atoms with Crippen LogP contribution in [0.2, 0.25) is 0 Å². The molecule has 0 aliphatic carbocycles. The molecule has 0 heteroatoms. The van der Waals surface area contributed by atoms with Crippen LogP contribution in [0.25, 0.3) is 0 Å². The van der Waals surface area contributed by atoms with Crippen molar-refractivity contribution in [1.82, 2.24) is 0 Å². The summed E-state index contributed by atoms with van der Waals surface area (Å²) < 4.78 is 0. The summed E-state index contributed by atoms with van der Waals surface area (Å²) in [6.45, 7) is 8.08. The first kappa shape index (κ1) is 14.2. The summed E-state index contributed by atoms with van der Waals surface area (Å²) in [4.78, 5) is 0. The second-order valence-corrected chi connectivity index (χ2v) is 5.07. The smallest absolute Gasteiger partial charge is 0.0492 e. The van der Waals surface area contributed by atoms with E-state index in [0.29, 0.717) is 0 Å². The molecular weight excluding hydrogens is 240 g/mol. The molecule has 0 saturated carbocycles. The first-order chi connectivity index (χ1) is 9.70. The van der Waals surface area contributed by atoms with E-state index in [1.54, 1.807) is 0 Å². The van der Waals surface area contributed by atoms with Crippen molar-refractivity contribution in [3.05, 3.63) is 83.4 Å². The Bertz CT molecular complexity index is 636. The SMILES string of the molecule is C=CCC(C#Cc1ccc(C)cc1)c1ccccc1C. The normalized spacial score (nSPS) is 11.3. The molecule has 0 N–H and O–H groups in total. The molecule has 0 aromatic heterocycles. The molecule has 1 atom stereocenters. The third kappa shape index (κ3) is 3.62. The molecule has 20 heavy (non-hydrogen) atoms. The zero-order valence-electron chi connectivity index (χ0n) is 12.2. The van der Waals surface area contributed by atoms with E-state index in [1.165, 1.54) is 16.7 Å². The fraction of sp³-hybridized carbons (Fsp3) is 0.200. The number of hydrogen-bond acceptors (Lipinski definition) is 0. The largest absolute Gasteiger partial charge is 0.103 e. The first-order valence-electron chi connectivity index (χ1n) is 6.95. The lowest BCUT2D eigenvalue weighted by molar-refractivity contribution is 0.884. The minimum atomic E-state index is 0.218. The topological polar surface area (TPSA) is 0 Å². The summed E-state index contributed by atoms with van der Waals surface area (Å²) in [6.07, 6.45) is 2.82. The van der Waals surface area contributed by atoms with E-state index in [0.717, 1.165) is 12.0 Å². The van der Waals surface area contributed by atoms with Gasteiger partial charge >= 0.3 is 0 Å². The van der Waals surface area contributed by atoms with Crippen molar-refractivity contribution in [2.45, 2.75) is 26.2 Å². The Morgan fingerprint density at radius 2 is 1.75 bits per heavy atom. The Morgan fingerprint density at radius 3 is 2.40 bits per heavy atom. The number of aryl methyl sites for hydroxylation is 2. The zero-order chi connectivity index (χ0) is 14.4. The molecule has 1 unspecified atom stereocenters. The maximum atomic E-state index is 3.85. The van der Waals surface area contributed by atoms with Crippen molar-refractivity contribution >= 4 is 0 Å². The van der Waals surface area contributed by atoms with Gasteiger partial charge in [0.15, 0.2) is 0 Å². The number of hydrogen-bond donors (Lipinski definition) is 0. The lowest BCUT2D eigenvalue weighted by Gasteiger charge is -2.11. The second kappa shape index (κ2) is 6.78. The summed E-state index contributed by atoms with van der Waals surface area (Å²) in [5, 5.41) is 0. The predicted octanol–water partition coefficient (Wildman–Crippen LogP) is 5.01. The molecule has 0 aliphatic heterocycles. The van der Waals surface area contributed by atoms with Gasteiger partial charge in [-0.1, -0.05) is 59.9 Å². The van der Waals surface area contributed by atoms with E-state index in [9.17, 15) is 0 Å². The number of allylic oxidation sites excluding steroid dienone is 1. The molecule has 2 aromatic carbocycles. The fourth-order valence-corrected chi connectivity index (χ4v) is 2.22. The average Bonchev–Trinajstić information content (AvgIpc) is 2.46. The molecule has 100 valence electrons. The molecule has 0 amide bonds. The quantitative estimate of drug-likeness (QED) is 0.537. The fourth-order valence-electron chi connectivity index (χ4n) is 2.22. The molecule has 0 saturated heterocycles. The van der Waals surface area contributed by atoms with Gasteiger partial charge in [0, 0.05) is 11.5 Å². The van der Waals surface area contributed by atoms with Crippen molar-refractivity contribution in [2.24, 2.45) is 0 Å². The van der Waals surface area contributed by atoms with Crippen LogP contribution in [0.5, 0.6) is 0 Å². The van der Waals surface area contributed by atoms with Crippen LogP contribution in [0, 0.1) is 25.7 Å². The Hall–Kier alpha value is -2.26. The van der Waals surface area contributed by atoms with Gasteiger partial charge < -0.3 is 0 Å². The molecule has 2 aromatic rings. The van der Waals surface area contributed by atoms with Crippen LogP contribution >= 0.6 is 0 Å². The molecule has 2 rings (SSSR count). The third-order valence-electron chi connectivity index (χ3n) is 3.41. The van der Waals surface area contributed by atoms with Crippen molar-refractivity contribution in [1.29, 1.82) is 0 Å². The molecule has 0 heterocycles. The maximum Gasteiger partial charge on any atom is 0.0492 e. The lowest BCUT2D eigenvalue weighted by Crippen LogP contribution is -1.97. The van der Waals surface area contributed by atoms with Gasteiger partial charge in [0.25, 0.3) is 0 Å². The van der Waals surface area contributed by atoms with Crippen LogP contribution in [0.3, 0.4) is 0 Å². The minimum absolute atomic E-state index is 0.218. The summed E-state index contributed by atoms with van der Waals surface area (Å²) in [6, 6.07) is 16.8. The summed E-state index contributed by atoms with van der Waals surface area (Å²) in [5.74, 6) is 6.89. The highest BCUT2D eigenvalue weighted by Gasteiger charge is 2.08. The van der Waals surface area contributed by atoms with Gasteiger partial charge in [0.05, 0.1) is 0 Å². The van der Waals surface area contributed by atoms with E-state index < -0.39 is 0 Å². The molecule has 0 radical (unpaired) electrons. The summed E-state index contributed by atoms with van der Waals surface area (Å²) in [5.41, 5.74) is 4.92. The highest BCUT2D eigenvalue weighted by atomic mass is 14.1. The average molecular weight is 260 g/mol. The number of rotatable bonds is 3. The van der Waals surface area contributed by atoms with Crippen LogP contribution in [0.1, 0.15) is 34.6 Å². The second-order valence-electron chi connectivity index (χ2n) is 5.07. The van der Waals surface area contributed by atoms with Gasteiger partial charge in [0.2, 0.25) is 0 Å². The van der Waals surface area contributed by atoms with Crippen molar-refractivity contribution in [2.75, 3.05) is 0 Å². The highest BCUT2D eigenvalue weighted by Crippen LogP contribution is 2.22. The van der Waals surface area contributed by atoms with Crippen molar-refractivity contribution < 1.29 is 0 Å². The van der Waals surface area contributed by atoms with Gasteiger partial charge in [-0.25, -0.2) is 0 Å². The Labute approximate surface area is 122 Å². The number of benzene rings is 2. The molecule has 0 aliphatic rings. The molecule has 0 spiro atoms. The summed E-state index contributed by atoms with van der Waals surface area (Å²) in [7, 11) is 0. The summed E-state index contributed by atoms with van der Waals surface area (Å²) >= 11 is 0. The van der Waals surface area contributed by atoms with Crippen LogP contribution < -0.4 is 0 Å². The van der Waals surface area contributed by atoms with E-state index in [-0.39, 0.29) is 5.92 Å². The standard InChI is InChI=1S/C20H20/c1-4-7-19(20-9-6-5-8-17(20)3)15-14-18-12-10-16(2)11-13-18/h4-6,8-13,19H,1,7H2,2-3H3. The van der Waals surface area contributed by atoms with Gasteiger partial charge in [0.1, 0.15) is 0 Å². The van der Waals surface area contributed by atoms with Crippen LogP contribution in [0.4, 0.5) is 0 Å². The highest BCUT2D eigenvalue weighted by molar-refractivity contribution is 5.41. The maximum absolute atomic E-state index is 3.85. The van der Waals surface area contributed by atoms with Gasteiger partial charge in [-0.2, -0.15) is 0 Å². The van der Waals surface area contributed by atoms with Gasteiger partial charge in [-0.3, -0.25) is 0 Å². The third-order valence-corrected chi connectivity index (χ3v) is 3.41. The monoisotopic (exact) mass is 260 g/mol. The van der Waals surface area contributed by atoms with Crippen molar-refractivity contribution in [3.63, 3.8) is 0 Å². The predicted molar refractivity (Wildman–Crippen MR) is 86.8 cm³/mol. The molecule has 0 fully saturated rings. The minimum Gasteiger partial charge on any atom is -0.103 e. The Morgan fingerprint density at radius 1 is 1.05 bits per heavy atom. The van der Waals surface area contributed by atoms with Crippen LogP contribution in [-0.4, -0.2) is 0 Å². The van der Waals surface area contributed by atoms with E-state index in [1.807, 2.05) is 6.08 Å². The Kier molecular flexibility index (Phi) is 4.80.